The molecule has 0 aliphatic rings. The fraction of sp³-hybridized carbons (Fsp3) is 0.154. The van der Waals surface area contributed by atoms with Crippen LogP contribution in [0.15, 0.2) is 34.1 Å². The smallest absolute Gasteiger partial charge is 0.201 e. The molecular weight excluding hydrogens is 346 g/mol. The molecule has 1 aromatic carbocycles. The number of aryl methyl sites for hydroxylation is 2. The summed E-state index contributed by atoms with van der Waals surface area (Å²) in [6, 6.07) is 9.85. The maximum absolute atomic E-state index is 6.24. The SMILES string of the molecule is Nc1nc2cccc(Cl)c2n1CCc1ccc(Br)s1. The van der Waals surface area contributed by atoms with Gasteiger partial charge >= 0.3 is 0 Å². The lowest BCUT2D eigenvalue weighted by molar-refractivity contribution is 0.733. The third-order valence-corrected chi connectivity index (χ3v) is 4.95. The molecule has 98 valence electrons. The normalized spacial score (nSPS) is 11.3. The van der Waals surface area contributed by atoms with Crippen molar-refractivity contribution >= 4 is 55.8 Å². The quantitative estimate of drug-likeness (QED) is 0.758. The van der Waals surface area contributed by atoms with Crippen LogP contribution in [0.1, 0.15) is 4.88 Å². The van der Waals surface area contributed by atoms with Gasteiger partial charge in [0, 0.05) is 11.4 Å². The van der Waals surface area contributed by atoms with Crippen molar-refractivity contribution in [1.29, 1.82) is 0 Å². The molecule has 0 radical (unpaired) electrons. The van der Waals surface area contributed by atoms with E-state index in [1.165, 1.54) is 4.88 Å². The van der Waals surface area contributed by atoms with E-state index in [1.54, 1.807) is 11.3 Å². The number of rotatable bonds is 3. The second kappa shape index (κ2) is 5.15. The topological polar surface area (TPSA) is 43.8 Å². The lowest BCUT2D eigenvalue weighted by Crippen LogP contribution is -2.05. The van der Waals surface area contributed by atoms with E-state index >= 15 is 0 Å². The van der Waals surface area contributed by atoms with Crippen molar-refractivity contribution < 1.29 is 0 Å². The number of hydrogen-bond acceptors (Lipinski definition) is 3. The van der Waals surface area contributed by atoms with Crippen LogP contribution in [0.3, 0.4) is 0 Å². The molecule has 2 aromatic heterocycles. The Labute approximate surface area is 128 Å². The Morgan fingerprint density at radius 3 is 2.89 bits per heavy atom. The number of nitrogens with zero attached hydrogens (tertiary/aromatic N) is 2. The highest BCUT2D eigenvalue weighted by Crippen LogP contribution is 2.27. The molecule has 0 bridgehead atoms. The monoisotopic (exact) mass is 355 g/mol. The summed E-state index contributed by atoms with van der Waals surface area (Å²) in [4.78, 5) is 5.65. The van der Waals surface area contributed by atoms with E-state index in [2.05, 4.69) is 33.0 Å². The van der Waals surface area contributed by atoms with Gasteiger partial charge in [0.05, 0.1) is 19.8 Å². The summed E-state index contributed by atoms with van der Waals surface area (Å²) in [7, 11) is 0. The minimum Gasteiger partial charge on any atom is -0.369 e. The number of fused-ring (bicyclic) bond motifs is 1. The summed E-state index contributed by atoms with van der Waals surface area (Å²) in [6.07, 6.45) is 0.914. The molecule has 6 heteroatoms. The minimum atomic E-state index is 0.513. The molecule has 0 spiro atoms. The maximum atomic E-state index is 6.24. The summed E-state index contributed by atoms with van der Waals surface area (Å²) < 4.78 is 3.12. The molecule has 2 N–H and O–H groups in total. The number of imidazole rings is 1. The second-order valence-electron chi connectivity index (χ2n) is 4.19. The van der Waals surface area contributed by atoms with Crippen LogP contribution >= 0.6 is 38.9 Å². The van der Waals surface area contributed by atoms with Gasteiger partial charge in [0.1, 0.15) is 0 Å². The lowest BCUT2D eigenvalue weighted by Gasteiger charge is -2.06. The predicted octanol–water partition coefficient (Wildman–Crippen LogP) is 4.34. The van der Waals surface area contributed by atoms with Gasteiger partial charge in [-0.1, -0.05) is 17.7 Å². The highest BCUT2D eigenvalue weighted by Gasteiger charge is 2.11. The van der Waals surface area contributed by atoms with E-state index in [1.807, 2.05) is 22.8 Å². The molecule has 0 saturated heterocycles. The van der Waals surface area contributed by atoms with Gasteiger partial charge in [0.25, 0.3) is 0 Å². The molecule has 0 aliphatic heterocycles. The zero-order valence-corrected chi connectivity index (χ0v) is 13.1. The molecule has 19 heavy (non-hydrogen) atoms. The van der Waals surface area contributed by atoms with E-state index in [0.29, 0.717) is 11.0 Å². The maximum Gasteiger partial charge on any atom is 0.201 e. The number of anilines is 1. The number of nitrogen functional groups attached to an aromatic ring is 1. The summed E-state index contributed by atoms with van der Waals surface area (Å²) in [6.45, 7) is 0.777. The fourth-order valence-corrected chi connectivity index (χ4v) is 3.84. The molecule has 0 amide bonds. The van der Waals surface area contributed by atoms with Crippen molar-refractivity contribution in [3.8, 4) is 0 Å². The number of benzene rings is 1. The Kier molecular flexibility index (Phi) is 3.52. The number of nitrogens with two attached hydrogens (primary N) is 1. The zero-order chi connectivity index (χ0) is 13.4. The Morgan fingerprint density at radius 2 is 2.16 bits per heavy atom. The van der Waals surface area contributed by atoms with Crippen molar-refractivity contribution in [2.24, 2.45) is 0 Å². The van der Waals surface area contributed by atoms with E-state index in [4.69, 9.17) is 17.3 Å². The Hall–Kier alpha value is -1.04. The first kappa shape index (κ1) is 13.0. The van der Waals surface area contributed by atoms with Crippen LogP contribution in [0.2, 0.25) is 5.02 Å². The van der Waals surface area contributed by atoms with Crippen LogP contribution in [-0.2, 0) is 13.0 Å². The summed E-state index contributed by atoms with van der Waals surface area (Å²) >= 11 is 11.4. The zero-order valence-electron chi connectivity index (χ0n) is 9.94. The van der Waals surface area contributed by atoms with Gasteiger partial charge in [-0.15, -0.1) is 11.3 Å². The molecule has 0 saturated carbocycles. The first-order chi connectivity index (χ1) is 9.15. The number of aromatic nitrogens is 2. The number of halogens is 2. The first-order valence-corrected chi connectivity index (χ1v) is 7.78. The van der Waals surface area contributed by atoms with Crippen LogP contribution in [0.5, 0.6) is 0 Å². The van der Waals surface area contributed by atoms with Crippen LogP contribution in [0.25, 0.3) is 11.0 Å². The van der Waals surface area contributed by atoms with Gasteiger partial charge in [-0.05, 0) is 46.6 Å². The standard InChI is InChI=1S/C13H11BrClN3S/c14-11-5-4-8(19-11)6-7-18-12-9(15)2-1-3-10(12)17-13(18)16/h1-5H,6-7H2,(H2,16,17). The molecule has 3 rings (SSSR count). The average molecular weight is 357 g/mol. The third-order valence-electron chi connectivity index (χ3n) is 2.96. The molecule has 0 fully saturated rings. The summed E-state index contributed by atoms with van der Waals surface area (Å²) in [5.41, 5.74) is 7.74. The number of hydrogen-bond donors (Lipinski definition) is 1. The summed E-state index contributed by atoms with van der Waals surface area (Å²) in [5.74, 6) is 0.513. The summed E-state index contributed by atoms with van der Waals surface area (Å²) in [5, 5.41) is 0.689. The van der Waals surface area contributed by atoms with Gasteiger partial charge < -0.3 is 10.3 Å². The first-order valence-electron chi connectivity index (χ1n) is 5.79. The van der Waals surface area contributed by atoms with Crippen LogP contribution in [0, 0.1) is 0 Å². The second-order valence-corrected chi connectivity index (χ2v) is 7.14. The van der Waals surface area contributed by atoms with Crippen molar-refractivity contribution in [2.45, 2.75) is 13.0 Å². The van der Waals surface area contributed by atoms with Crippen molar-refractivity contribution in [2.75, 3.05) is 5.73 Å². The number of para-hydroxylation sites is 1. The average Bonchev–Trinajstić information content (AvgIpc) is 2.91. The minimum absolute atomic E-state index is 0.513. The van der Waals surface area contributed by atoms with Crippen LogP contribution in [0.4, 0.5) is 5.95 Å². The Balaban J connectivity index is 1.94. The number of thiophene rings is 1. The van der Waals surface area contributed by atoms with Gasteiger partial charge in [-0.2, -0.15) is 0 Å². The van der Waals surface area contributed by atoms with Crippen LogP contribution in [-0.4, -0.2) is 9.55 Å². The van der Waals surface area contributed by atoms with Crippen molar-refractivity contribution in [3.63, 3.8) is 0 Å². The van der Waals surface area contributed by atoms with E-state index < -0.39 is 0 Å². The molecule has 0 aliphatic carbocycles. The van der Waals surface area contributed by atoms with Crippen LogP contribution < -0.4 is 5.73 Å². The van der Waals surface area contributed by atoms with E-state index in [0.717, 1.165) is 27.8 Å². The van der Waals surface area contributed by atoms with Gasteiger partial charge in [-0.25, -0.2) is 4.98 Å². The molecule has 0 unspecified atom stereocenters. The van der Waals surface area contributed by atoms with Crippen molar-refractivity contribution in [3.05, 3.63) is 44.0 Å². The third kappa shape index (κ3) is 2.50. The molecule has 0 atom stereocenters. The molecular formula is C13H11BrClN3S. The van der Waals surface area contributed by atoms with Gasteiger partial charge in [0.15, 0.2) is 0 Å². The molecule has 2 heterocycles. The lowest BCUT2D eigenvalue weighted by atomic mass is 10.3. The highest BCUT2D eigenvalue weighted by molar-refractivity contribution is 9.11. The highest BCUT2D eigenvalue weighted by atomic mass is 79.9. The van der Waals surface area contributed by atoms with Gasteiger partial charge in [-0.3, -0.25) is 0 Å². The van der Waals surface area contributed by atoms with Gasteiger partial charge in [0.2, 0.25) is 5.95 Å². The van der Waals surface area contributed by atoms with E-state index in [9.17, 15) is 0 Å². The predicted molar refractivity (Wildman–Crippen MR) is 84.9 cm³/mol. The Bertz CT molecular complexity index is 735. The van der Waals surface area contributed by atoms with E-state index in [-0.39, 0.29) is 0 Å². The Morgan fingerprint density at radius 1 is 1.32 bits per heavy atom. The molecule has 3 aromatic rings. The fourth-order valence-electron chi connectivity index (χ4n) is 2.09. The largest absolute Gasteiger partial charge is 0.369 e. The molecule has 3 nitrogen and oxygen atoms in total. The van der Waals surface area contributed by atoms with Crippen molar-refractivity contribution in [1.82, 2.24) is 9.55 Å².